The Bertz CT molecular complexity index is 922. The van der Waals surface area contributed by atoms with Crippen LogP contribution < -0.4 is 0 Å². The Labute approximate surface area is 169 Å². The monoisotopic (exact) mass is 398 g/mol. The largest absolute Gasteiger partial charge is 0.467 e. The van der Waals surface area contributed by atoms with Gasteiger partial charge in [0.05, 0.1) is 18.6 Å². The maximum Gasteiger partial charge on any atom is 0.232 e. The summed E-state index contributed by atoms with van der Waals surface area (Å²) in [7, 11) is 3.50. The number of thioether (sulfide) groups is 1. The summed E-state index contributed by atoms with van der Waals surface area (Å²) < 4.78 is 7.52. The van der Waals surface area contributed by atoms with Crippen LogP contribution in [0, 0.1) is 0 Å². The number of aromatic nitrogens is 3. The molecule has 2 aromatic heterocycles. The first-order valence-corrected chi connectivity index (χ1v) is 10.1. The van der Waals surface area contributed by atoms with E-state index in [0.29, 0.717) is 17.5 Å². The van der Waals surface area contributed by atoms with Gasteiger partial charge in [-0.25, -0.2) is 0 Å². The highest BCUT2D eigenvalue weighted by Gasteiger charge is 2.19. The minimum Gasteiger partial charge on any atom is -0.467 e. The van der Waals surface area contributed by atoms with Crippen molar-refractivity contribution in [2.24, 2.45) is 0 Å². The van der Waals surface area contributed by atoms with Crippen LogP contribution in [0.15, 0.2) is 52.2 Å². The number of nitrogens with zero attached hydrogens (tertiary/aromatic N) is 4. The highest BCUT2D eigenvalue weighted by atomic mass is 32.2. The second kappa shape index (κ2) is 8.22. The summed E-state index contributed by atoms with van der Waals surface area (Å²) in [5.74, 6) is 1.92. The van der Waals surface area contributed by atoms with Crippen LogP contribution in [0.5, 0.6) is 0 Å². The van der Waals surface area contributed by atoms with Crippen molar-refractivity contribution < 1.29 is 9.21 Å². The van der Waals surface area contributed by atoms with E-state index in [1.165, 1.54) is 17.3 Å². The lowest BCUT2D eigenvalue weighted by atomic mass is 9.87. The molecule has 0 saturated heterocycles. The smallest absolute Gasteiger partial charge is 0.232 e. The molecule has 0 bridgehead atoms. The summed E-state index contributed by atoms with van der Waals surface area (Å²) >= 11 is 1.38. The number of carbonyl (C=O) groups is 1. The van der Waals surface area contributed by atoms with Crippen LogP contribution in [0.1, 0.15) is 32.1 Å². The van der Waals surface area contributed by atoms with Crippen LogP contribution in [-0.2, 0) is 16.8 Å². The fourth-order valence-corrected chi connectivity index (χ4v) is 3.60. The minimum atomic E-state index is 0.0358. The third-order valence-electron chi connectivity index (χ3n) is 4.44. The van der Waals surface area contributed by atoms with Gasteiger partial charge in [-0.1, -0.05) is 56.8 Å². The summed E-state index contributed by atoms with van der Waals surface area (Å²) in [5.41, 5.74) is 2.34. The second-order valence-electron chi connectivity index (χ2n) is 7.88. The topological polar surface area (TPSA) is 64.2 Å². The minimum absolute atomic E-state index is 0.0358. The van der Waals surface area contributed by atoms with Crippen molar-refractivity contribution in [1.29, 1.82) is 0 Å². The summed E-state index contributed by atoms with van der Waals surface area (Å²) in [6.07, 6.45) is 1.65. The van der Waals surface area contributed by atoms with Crippen molar-refractivity contribution in [2.75, 3.05) is 19.8 Å². The van der Waals surface area contributed by atoms with E-state index < -0.39 is 0 Å². The predicted molar refractivity (Wildman–Crippen MR) is 111 cm³/mol. The third kappa shape index (κ3) is 4.65. The zero-order valence-electron chi connectivity index (χ0n) is 17.0. The molecule has 0 radical (unpaired) electrons. The van der Waals surface area contributed by atoms with Gasteiger partial charge in [0, 0.05) is 19.7 Å². The van der Waals surface area contributed by atoms with Crippen LogP contribution in [0.2, 0.25) is 0 Å². The predicted octanol–water partition coefficient (Wildman–Crippen LogP) is 4.06. The number of benzene rings is 1. The molecule has 0 unspecified atom stereocenters. The fraction of sp³-hybridized carbons (Fsp3) is 0.381. The molecule has 2 heterocycles. The Morgan fingerprint density at radius 3 is 2.43 bits per heavy atom. The molecule has 1 amide bonds. The normalized spacial score (nSPS) is 11.6. The molecule has 6 nitrogen and oxygen atoms in total. The Balaban J connectivity index is 1.92. The number of hydrogen-bond acceptors (Lipinski definition) is 5. The number of rotatable bonds is 6. The van der Waals surface area contributed by atoms with Crippen LogP contribution in [-0.4, -0.2) is 45.4 Å². The summed E-state index contributed by atoms with van der Waals surface area (Å²) in [6, 6.07) is 12.2. The highest BCUT2D eigenvalue weighted by molar-refractivity contribution is 7.99. The fourth-order valence-electron chi connectivity index (χ4n) is 2.68. The Morgan fingerprint density at radius 1 is 1.14 bits per heavy atom. The van der Waals surface area contributed by atoms with Gasteiger partial charge < -0.3 is 9.32 Å². The maximum absolute atomic E-state index is 12.0. The molecule has 1 aromatic carbocycles. The average Bonchev–Trinajstić information content (AvgIpc) is 3.29. The third-order valence-corrected chi connectivity index (χ3v) is 5.40. The summed E-state index contributed by atoms with van der Waals surface area (Å²) in [5, 5.41) is 9.44. The van der Waals surface area contributed by atoms with Crippen molar-refractivity contribution in [2.45, 2.75) is 37.9 Å². The molecule has 148 valence electrons. The quantitative estimate of drug-likeness (QED) is 0.586. The van der Waals surface area contributed by atoms with Crippen LogP contribution >= 0.6 is 11.8 Å². The summed E-state index contributed by atoms with van der Waals surface area (Å²) in [4.78, 5) is 13.6. The molecule has 0 N–H and O–H groups in total. The van der Waals surface area contributed by atoms with Crippen molar-refractivity contribution in [1.82, 2.24) is 19.7 Å². The van der Waals surface area contributed by atoms with E-state index in [4.69, 9.17) is 4.42 Å². The lowest BCUT2D eigenvalue weighted by Crippen LogP contribution is -2.23. The molecule has 0 spiro atoms. The average molecular weight is 399 g/mol. The van der Waals surface area contributed by atoms with Crippen LogP contribution in [0.3, 0.4) is 0 Å². The van der Waals surface area contributed by atoms with Crippen molar-refractivity contribution >= 4 is 17.7 Å². The number of amides is 1. The van der Waals surface area contributed by atoms with E-state index in [2.05, 4.69) is 55.2 Å². The molecule has 0 aliphatic heterocycles. The molecule has 0 atom stereocenters. The first-order valence-electron chi connectivity index (χ1n) is 9.15. The molecule has 0 saturated carbocycles. The first kappa shape index (κ1) is 20.2. The standard InChI is InChI=1S/C21H26N4O2S/c1-21(2,3)16-10-8-15(9-11-16)19-22-23-20(28-14-18(26)24(4)5)25(19)13-17-7-6-12-27-17/h6-12H,13-14H2,1-5H3. The number of hydrogen-bond donors (Lipinski definition) is 0. The second-order valence-corrected chi connectivity index (χ2v) is 8.82. The molecule has 28 heavy (non-hydrogen) atoms. The van der Waals surface area contributed by atoms with Gasteiger partial charge >= 0.3 is 0 Å². The van der Waals surface area contributed by atoms with Gasteiger partial charge in [-0.05, 0) is 23.1 Å². The number of carbonyl (C=O) groups excluding carboxylic acids is 1. The van der Waals surface area contributed by atoms with Crippen molar-refractivity contribution in [3.63, 3.8) is 0 Å². The van der Waals surface area contributed by atoms with Gasteiger partial charge in [0.2, 0.25) is 5.91 Å². The van der Waals surface area contributed by atoms with Gasteiger partial charge in [-0.15, -0.1) is 10.2 Å². The summed E-state index contributed by atoms with van der Waals surface area (Å²) in [6.45, 7) is 7.09. The molecule has 3 aromatic rings. The maximum atomic E-state index is 12.0. The lowest BCUT2D eigenvalue weighted by Gasteiger charge is -2.19. The van der Waals surface area contributed by atoms with E-state index in [1.807, 2.05) is 16.7 Å². The molecule has 3 rings (SSSR count). The molecular weight excluding hydrogens is 372 g/mol. The first-order chi connectivity index (χ1) is 13.3. The van der Waals surface area contributed by atoms with E-state index in [9.17, 15) is 4.79 Å². The van der Waals surface area contributed by atoms with E-state index in [-0.39, 0.29) is 11.3 Å². The highest BCUT2D eigenvalue weighted by Crippen LogP contribution is 2.28. The van der Waals surface area contributed by atoms with E-state index in [0.717, 1.165) is 17.1 Å². The Kier molecular flexibility index (Phi) is 5.93. The van der Waals surface area contributed by atoms with Gasteiger partial charge in [-0.3, -0.25) is 9.36 Å². The van der Waals surface area contributed by atoms with E-state index >= 15 is 0 Å². The van der Waals surface area contributed by atoms with Crippen molar-refractivity contribution in [3.05, 3.63) is 54.0 Å². The van der Waals surface area contributed by atoms with Gasteiger partial charge in [0.25, 0.3) is 0 Å². The molecule has 0 fully saturated rings. The van der Waals surface area contributed by atoms with Gasteiger partial charge in [0.15, 0.2) is 11.0 Å². The van der Waals surface area contributed by atoms with Crippen molar-refractivity contribution in [3.8, 4) is 11.4 Å². The zero-order valence-corrected chi connectivity index (χ0v) is 17.8. The number of furan rings is 1. The Hall–Kier alpha value is -2.54. The molecule has 7 heteroatoms. The lowest BCUT2D eigenvalue weighted by molar-refractivity contribution is -0.125. The van der Waals surface area contributed by atoms with Crippen LogP contribution in [0.25, 0.3) is 11.4 Å². The zero-order chi connectivity index (χ0) is 20.3. The SMILES string of the molecule is CN(C)C(=O)CSc1nnc(-c2ccc(C(C)(C)C)cc2)n1Cc1ccco1. The molecule has 0 aliphatic rings. The Morgan fingerprint density at radius 2 is 1.86 bits per heavy atom. The van der Waals surface area contributed by atoms with Crippen LogP contribution in [0.4, 0.5) is 0 Å². The van der Waals surface area contributed by atoms with E-state index in [1.54, 1.807) is 25.3 Å². The molecule has 0 aliphatic carbocycles. The van der Waals surface area contributed by atoms with Gasteiger partial charge in [-0.2, -0.15) is 0 Å². The molecular formula is C21H26N4O2S. The van der Waals surface area contributed by atoms with Gasteiger partial charge in [0.1, 0.15) is 5.76 Å².